The molecule has 1 saturated heterocycles. The maximum Gasteiger partial charge on any atom is 0.132 e. The molecule has 11 heavy (non-hydrogen) atoms. The highest BCUT2D eigenvalue weighted by Gasteiger charge is 2.15. The van der Waals surface area contributed by atoms with Gasteiger partial charge in [-0.05, 0) is 7.05 Å². The van der Waals surface area contributed by atoms with Crippen LogP contribution in [0.2, 0.25) is 0 Å². The number of likely N-dealkylation sites (N-methyl/N-ethyl adjacent to an activating group) is 1. The SMILES string of the molecule is C=C/N=C1/CN(C)CCN1N. The highest BCUT2D eigenvalue weighted by Crippen LogP contribution is 1.97. The van der Waals surface area contributed by atoms with E-state index in [1.165, 1.54) is 6.20 Å². The Balaban J connectivity index is 2.61. The minimum absolute atomic E-state index is 0.808. The van der Waals surface area contributed by atoms with Gasteiger partial charge in [0, 0.05) is 19.3 Å². The van der Waals surface area contributed by atoms with E-state index >= 15 is 0 Å². The van der Waals surface area contributed by atoms with Crippen LogP contribution in [0.25, 0.3) is 0 Å². The van der Waals surface area contributed by atoms with Crippen LogP contribution in [0.5, 0.6) is 0 Å². The van der Waals surface area contributed by atoms with Crippen molar-refractivity contribution in [3.63, 3.8) is 0 Å². The summed E-state index contributed by atoms with van der Waals surface area (Å²) in [5, 5.41) is 1.67. The molecule has 0 saturated carbocycles. The summed E-state index contributed by atoms with van der Waals surface area (Å²) < 4.78 is 0. The van der Waals surface area contributed by atoms with Crippen molar-refractivity contribution in [1.82, 2.24) is 9.91 Å². The number of piperazine rings is 1. The number of amidine groups is 1. The standard InChI is InChI=1S/C7H14N4/c1-3-9-7-6-10(2)4-5-11(7)8/h3H,1,4-6,8H2,2H3/b9-7-. The van der Waals surface area contributed by atoms with Crippen LogP contribution in [0.4, 0.5) is 0 Å². The summed E-state index contributed by atoms with van der Waals surface area (Å²) in [6.07, 6.45) is 1.52. The first-order valence-electron chi connectivity index (χ1n) is 3.62. The summed E-state index contributed by atoms with van der Waals surface area (Å²) in [5.74, 6) is 6.54. The third-order valence-corrected chi connectivity index (χ3v) is 1.71. The number of nitrogens with two attached hydrogens (primary N) is 1. The van der Waals surface area contributed by atoms with E-state index in [-0.39, 0.29) is 0 Å². The first-order valence-corrected chi connectivity index (χ1v) is 3.62. The van der Waals surface area contributed by atoms with Gasteiger partial charge in [-0.15, -0.1) is 0 Å². The molecule has 0 unspecified atom stereocenters. The van der Waals surface area contributed by atoms with Crippen molar-refractivity contribution in [2.75, 3.05) is 26.7 Å². The molecule has 2 N–H and O–H groups in total. The number of aliphatic imine (C=N–C) groups is 1. The molecule has 0 aromatic heterocycles. The van der Waals surface area contributed by atoms with Gasteiger partial charge in [-0.3, -0.25) is 9.91 Å². The first kappa shape index (κ1) is 8.23. The second-order valence-electron chi connectivity index (χ2n) is 2.66. The van der Waals surface area contributed by atoms with E-state index in [4.69, 9.17) is 5.84 Å². The van der Waals surface area contributed by atoms with Gasteiger partial charge >= 0.3 is 0 Å². The van der Waals surface area contributed by atoms with E-state index in [9.17, 15) is 0 Å². The van der Waals surface area contributed by atoms with Crippen molar-refractivity contribution in [1.29, 1.82) is 0 Å². The fourth-order valence-electron chi connectivity index (χ4n) is 1.04. The molecule has 0 spiro atoms. The van der Waals surface area contributed by atoms with Crippen LogP contribution in [0.1, 0.15) is 0 Å². The second kappa shape index (κ2) is 3.50. The lowest BCUT2D eigenvalue weighted by atomic mass is 10.3. The van der Waals surface area contributed by atoms with Gasteiger partial charge in [0.25, 0.3) is 0 Å². The molecule has 0 radical (unpaired) electrons. The molecule has 1 aliphatic rings. The van der Waals surface area contributed by atoms with Gasteiger partial charge in [-0.2, -0.15) is 0 Å². The maximum atomic E-state index is 5.66. The van der Waals surface area contributed by atoms with E-state index in [1.54, 1.807) is 5.01 Å². The van der Waals surface area contributed by atoms with Crippen LogP contribution in [0.3, 0.4) is 0 Å². The van der Waals surface area contributed by atoms with Gasteiger partial charge in [-0.1, -0.05) is 6.58 Å². The molecule has 0 aliphatic carbocycles. The molecular weight excluding hydrogens is 140 g/mol. The molecule has 4 nitrogen and oxygen atoms in total. The lowest BCUT2D eigenvalue weighted by molar-refractivity contribution is 0.268. The first-order chi connectivity index (χ1) is 5.24. The molecule has 0 atom stereocenters. The monoisotopic (exact) mass is 154 g/mol. The smallest absolute Gasteiger partial charge is 0.132 e. The summed E-state index contributed by atoms with van der Waals surface area (Å²) in [5.41, 5.74) is 0. The minimum atomic E-state index is 0.808. The maximum absolute atomic E-state index is 5.66. The molecule has 4 heteroatoms. The highest BCUT2D eigenvalue weighted by atomic mass is 15.5. The lowest BCUT2D eigenvalue weighted by Crippen LogP contribution is -2.52. The fraction of sp³-hybridized carbons (Fsp3) is 0.571. The zero-order valence-electron chi connectivity index (χ0n) is 6.82. The zero-order chi connectivity index (χ0) is 8.27. The number of hydrogen-bond acceptors (Lipinski definition) is 3. The summed E-state index contributed by atoms with van der Waals surface area (Å²) >= 11 is 0. The summed E-state index contributed by atoms with van der Waals surface area (Å²) in [7, 11) is 2.05. The van der Waals surface area contributed by atoms with Crippen molar-refractivity contribution < 1.29 is 0 Å². The van der Waals surface area contributed by atoms with Crippen LogP contribution in [0.15, 0.2) is 17.8 Å². The molecule has 62 valence electrons. The molecule has 1 fully saturated rings. The summed E-state index contributed by atoms with van der Waals surface area (Å²) in [4.78, 5) is 6.23. The van der Waals surface area contributed by atoms with Gasteiger partial charge in [0.15, 0.2) is 0 Å². The Bertz CT molecular complexity index is 175. The normalized spacial score (nSPS) is 24.2. The average molecular weight is 154 g/mol. The van der Waals surface area contributed by atoms with Crippen molar-refractivity contribution in [3.05, 3.63) is 12.8 Å². The molecular formula is C7H14N4. The van der Waals surface area contributed by atoms with Crippen molar-refractivity contribution in [2.45, 2.75) is 0 Å². The number of hydrogen-bond donors (Lipinski definition) is 1. The van der Waals surface area contributed by atoms with E-state index < -0.39 is 0 Å². The van der Waals surface area contributed by atoms with E-state index in [0.717, 1.165) is 25.5 Å². The molecule has 1 aliphatic heterocycles. The van der Waals surface area contributed by atoms with Gasteiger partial charge < -0.3 is 0 Å². The van der Waals surface area contributed by atoms with Gasteiger partial charge in [0.1, 0.15) is 5.84 Å². The van der Waals surface area contributed by atoms with Crippen LogP contribution >= 0.6 is 0 Å². The van der Waals surface area contributed by atoms with E-state index in [2.05, 4.69) is 16.5 Å². The third-order valence-electron chi connectivity index (χ3n) is 1.71. The van der Waals surface area contributed by atoms with E-state index in [1.807, 2.05) is 7.05 Å². The molecule has 0 aromatic carbocycles. The lowest BCUT2D eigenvalue weighted by Gasteiger charge is -2.31. The Hall–Kier alpha value is -0.870. The molecule has 1 heterocycles. The van der Waals surface area contributed by atoms with Crippen molar-refractivity contribution in [3.8, 4) is 0 Å². The van der Waals surface area contributed by atoms with Crippen LogP contribution < -0.4 is 5.84 Å². The Kier molecular flexibility index (Phi) is 2.62. The van der Waals surface area contributed by atoms with Crippen molar-refractivity contribution in [2.24, 2.45) is 10.8 Å². The summed E-state index contributed by atoms with van der Waals surface area (Å²) in [6.45, 7) is 6.16. The van der Waals surface area contributed by atoms with Crippen LogP contribution in [-0.4, -0.2) is 42.4 Å². The Morgan fingerprint density at radius 2 is 2.36 bits per heavy atom. The van der Waals surface area contributed by atoms with E-state index in [0.29, 0.717) is 0 Å². The highest BCUT2D eigenvalue weighted by molar-refractivity contribution is 5.84. The summed E-state index contributed by atoms with van der Waals surface area (Å²) in [6, 6.07) is 0. The Labute approximate surface area is 67.0 Å². The quantitative estimate of drug-likeness (QED) is 0.525. The third kappa shape index (κ3) is 2.03. The fourth-order valence-corrected chi connectivity index (χ4v) is 1.04. The molecule has 0 amide bonds. The Morgan fingerprint density at radius 1 is 1.64 bits per heavy atom. The molecule has 0 aromatic rings. The predicted molar refractivity (Wildman–Crippen MR) is 46.0 cm³/mol. The van der Waals surface area contributed by atoms with Crippen LogP contribution in [-0.2, 0) is 0 Å². The van der Waals surface area contributed by atoms with Gasteiger partial charge in [0.2, 0.25) is 0 Å². The van der Waals surface area contributed by atoms with Crippen LogP contribution in [0, 0.1) is 0 Å². The minimum Gasteiger partial charge on any atom is -0.297 e. The second-order valence-corrected chi connectivity index (χ2v) is 2.66. The topological polar surface area (TPSA) is 44.9 Å². The number of rotatable bonds is 1. The zero-order valence-corrected chi connectivity index (χ0v) is 6.82. The molecule has 1 rings (SSSR count). The predicted octanol–water partition coefficient (Wildman–Crippen LogP) is -0.350. The van der Waals surface area contributed by atoms with Crippen molar-refractivity contribution >= 4 is 5.84 Å². The largest absolute Gasteiger partial charge is 0.297 e. The molecule has 0 bridgehead atoms. The number of hydrazine groups is 1. The van der Waals surface area contributed by atoms with Gasteiger partial charge in [-0.25, -0.2) is 10.8 Å². The Morgan fingerprint density at radius 3 is 3.00 bits per heavy atom. The average Bonchev–Trinajstić information content (AvgIpc) is 1.98. The van der Waals surface area contributed by atoms with Gasteiger partial charge in [0.05, 0.1) is 6.54 Å². The number of nitrogens with zero attached hydrogens (tertiary/aromatic N) is 3.